The van der Waals surface area contributed by atoms with Crippen LogP contribution in [0.2, 0.25) is 0 Å². The van der Waals surface area contributed by atoms with Gasteiger partial charge in [-0.15, -0.1) is 0 Å². The molecule has 0 heterocycles. The molecule has 9 heteroatoms. The highest BCUT2D eigenvalue weighted by Crippen LogP contribution is 2.34. The minimum atomic E-state index is -4.25. The predicted molar refractivity (Wildman–Crippen MR) is 190 cm³/mol. The van der Waals surface area contributed by atoms with Crippen molar-refractivity contribution in [3.8, 4) is 5.75 Å². The van der Waals surface area contributed by atoms with Gasteiger partial charge in [-0.2, -0.15) is 0 Å². The highest BCUT2D eigenvalue weighted by atomic mass is 32.2. The van der Waals surface area contributed by atoms with Gasteiger partial charge in [0, 0.05) is 19.0 Å². The third-order valence-electron chi connectivity index (χ3n) is 8.90. The number of methoxy groups -OCH3 is 1. The number of benzene rings is 4. The van der Waals surface area contributed by atoms with E-state index in [-0.39, 0.29) is 35.5 Å². The maximum absolute atomic E-state index is 14.8. The number of sulfonamides is 1. The first kappa shape index (κ1) is 34.7. The molecule has 0 aliphatic heterocycles. The van der Waals surface area contributed by atoms with Crippen LogP contribution in [0, 0.1) is 20.8 Å². The third-order valence-corrected chi connectivity index (χ3v) is 10.7. The normalized spacial score (nSPS) is 13.9. The highest BCUT2D eigenvalue weighted by molar-refractivity contribution is 7.92. The standard InChI is InChI=1S/C39H45N3O5S/c1-28-17-20-34(21-18-28)48(45,46)42(35-24-30(3)19-22-37(35)47-4)27-38(43)41(26-32-14-10-11-29(2)23-32)36(25-31-12-6-5-7-13-31)39(44)40-33-15-8-9-16-33/h5-7,10-14,17-24,33,36H,8-9,15-16,25-27H2,1-4H3,(H,40,44). The molecule has 1 fully saturated rings. The average molecular weight is 668 g/mol. The van der Waals surface area contributed by atoms with E-state index in [0.29, 0.717) is 5.75 Å². The van der Waals surface area contributed by atoms with Crippen molar-refractivity contribution in [2.45, 2.75) is 76.4 Å². The van der Waals surface area contributed by atoms with Crippen LogP contribution in [0.4, 0.5) is 5.69 Å². The molecule has 2 amide bonds. The number of amides is 2. The van der Waals surface area contributed by atoms with Crippen molar-refractivity contribution in [1.29, 1.82) is 0 Å². The Bertz CT molecular complexity index is 1820. The van der Waals surface area contributed by atoms with Crippen LogP contribution in [0.5, 0.6) is 5.75 Å². The van der Waals surface area contributed by atoms with Crippen LogP contribution in [0.1, 0.15) is 53.5 Å². The second-order valence-corrected chi connectivity index (χ2v) is 14.6. The number of ether oxygens (including phenoxy) is 1. The molecule has 0 saturated heterocycles. The fraction of sp³-hybridized carbons (Fsp3) is 0.333. The van der Waals surface area contributed by atoms with Gasteiger partial charge < -0.3 is 15.0 Å². The second-order valence-electron chi connectivity index (χ2n) is 12.7. The molecule has 0 aromatic heterocycles. The Kier molecular flexibility index (Phi) is 11.2. The maximum Gasteiger partial charge on any atom is 0.264 e. The van der Waals surface area contributed by atoms with Crippen molar-refractivity contribution >= 4 is 27.5 Å². The zero-order valence-corrected chi connectivity index (χ0v) is 29.0. The lowest BCUT2D eigenvalue weighted by Gasteiger charge is -2.34. The van der Waals surface area contributed by atoms with Gasteiger partial charge in [0.05, 0.1) is 17.7 Å². The first-order chi connectivity index (χ1) is 23.0. The van der Waals surface area contributed by atoms with Crippen LogP contribution in [0.3, 0.4) is 0 Å². The number of hydrogen-bond acceptors (Lipinski definition) is 5. The number of rotatable bonds is 13. The molecule has 0 bridgehead atoms. The van der Waals surface area contributed by atoms with E-state index in [1.54, 1.807) is 41.3 Å². The third kappa shape index (κ3) is 8.44. The Balaban J connectivity index is 1.60. The highest BCUT2D eigenvalue weighted by Gasteiger charge is 2.36. The molecule has 0 spiro atoms. The predicted octanol–water partition coefficient (Wildman–Crippen LogP) is 6.51. The lowest BCUT2D eigenvalue weighted by Crippen LogP contribution is -2.54. The van der Waals surface area contributed by atoms with Gasteiger partial charge in [-0.3, -0.25) is 13.9 Å². The molecule has 48 heavy (non-hydrogen) atoms. The van der Waals surface area contributed by atoms with Gasteiger partial charge in [0.1, 0.15) is 18.3 Å². The number of anilines is 1. The molecule has 0 radical (unpaired) electrons. The quantitative estimate of drug-likeness (QED) is 0.175. The molecule has 5 rings (SSSR count). The summed E-state index contributed by atoms with van der Waals surface area (Å²) in [7, 11) is -2.77. The molecule has 4 aromatic carbocycles. The molecule has 1 aliphatic carbocycles. The van der Waals surface area contributed by atoms with Gasteiger partial charge in [0.2, 0.25) is 11.8 Å². The van der Waals surface area contributed by atoms with Crippen LogP contribution >= 0.6 is 0 Å². The lowest BCUT2D eigenvalue weighted by molar-refractivity contribution is -0.140. The summed E-state index contributed by atoms with van der Waals surface area (Å²) >= 11 is 0. The number of hydrogen-bond donors (Lipinski definition) is 1. The molecular weight excluding hydrogens is 623 g/mol. The van der Waals surface area contributed by atoms with Crippen molar-refractivity contribution in [3.05, 3.63) is 125 Å². The van der Waals surface area contributed by atoms with E-state index in [1.807, 2.05) is 81.4 Å². The van der Waals surface area contributed by atoms with Crippen LogP contribution in [0.15, 0.2) is 102 Å². The van der Waals surface area contributed by atoms with Gasteiger partial charge >= 0.3 is 0 Å². The van der Waals surface area contributed by atoms with Crippen LogP contribution in [-0.2, 0) is 32.6 Å². The van der Waals surface area contributed by atoms with Crippen molar-refractivity contribution in [2.75, 3.05) is 18.0 Å². The number of nitrogens with one attached hydrogen (secondary N) is 1. The molecular formula is C39H45N3O5S. The fourth-order valence-corrected chi connectivity index (χ4v) is 7.69. The Morgan fingerprint density at radius 1 is 0.812 bits per heavy atom. The Morgan fingerprint density at radius 2 is 1.46 bits per heavy atom. The summed E-state index contributed by atoms with van der Waals surface area (Å²) in [6, 6.07) is 28.4. The van der Waals surface area contributed by atoms with E-state index < -0.39 is 28.5 Å². The van der Waals surface area contributed by atoms with Crippen molar-refractivity contribution in [2.24, 2.45) is 0 Å². The van der Waals surface area contributed by atoms with E-state index >= 15 is 0 Å². The first-order valence-corrected chi connectivity index (χ1v) is 17.9. The maximum atomic E-state index is 14.8. The van der Waals surface area contributed by atoms with Crippen LogP contribution in [-0.4, -0.2) is 50.9 Å². The smallest absolute Gasteiger partial charge is 0.264 e. The summed E-state index contributed by atoms with van der Waals surface area (Å²) in [4.78, 5) is 30.6. The van der Waals surface area contributed by atoms with Gasteiger partial charge in [-0.1, -0.05) is 96.8 Å². The van der Waals surface area contributed by atoms with Gasteiger partial charge in [0.25, 0.3) is 10.0 Å². The largest absolute Gasteiger partial charge is 0.495 e. The topological polar surface area (TPSA) is 96.0 Å². The van der Waals surface area contributed by atoms with Crippen molar-refractivity contribution < 1.29 is 22.7 Å². The number of carbonyl (C=O) groups is 2. The Hall–Kier alpha value is -4.63. The number of carbonyl (C=O) groups excluding carboxylic acids is 2. The van der Waals surface area contributed by atoms with Crippen LogP contribution in [0.25, 0.3) is 0 Å². The second kappa shape index (κ2) is 15.5. The van der Waals surface area contributed by atoms with E-state index in [9.17, 15) is 18.0 Å². The lowest BCUT2D eigenvalue weighted by atomic mass is 10.0. The Labute approximate surface area is 284 Å². The SMILES string of the molecule is COc1ccc(C)cc1N(CC(=O)N(Cc1cccc(C)c1)C(Cc1ccccc1)C(=O)NC1CCCC1)S(=O)(=O)c1ccc(C)cc1. The van der Waals surface area contributed by atoms with E-state index in [4.69, 9.17) is 4.74 Å². The summed E-state index contributed by atoms with van der Waals surface area (Å²) in [5.41, 5.74) is 4.72. The van der Waals surface area contributed by atoms with E-state index in [2.05, 4.69) is 5.32 Å². The van der Waals surface area contributed by atoms with E-state index in [0.717, 1.165) is 57.8 Å². The Morgan fingerprint density at radius 3 is 2.12 bits per heavy atom. The van der Waals surface area contributed by atoms with Gasteiger partial charge in [0.15, 0.2) is 0 Å². The average Bonchev–Trinajstić information content (AvgIpc) is 3.58. The first-order valence-electron chi connectivity index (χ1n) is 16.5. The minimum Gasteiger partial charge on any atom is -0.495 e. The molecule has 1 N–H and O–H groups in total. The molecule has 1 aliphatic rings. The minimum absolute atomic E-state index is 0.0432. The number of nitrogens with zero attached hydrogens (tertiary/aromatic N) is 2. The summed E-state index contributed by atoms with van der Waals surface area (Å²) in [5.74, 6) is -0.430. The van der Waals surface area contributed by atoms with Crippen LogP contribution < -0.4 is 14.4 Å². The molecule has 1 saturated carbocycles. The van der Waals surface area contributed by atoms with Gasteiger partial charge in [-0.25, -0.2) is 8.42 Å². The van der Waals surface area contributed by atoms with Gasteiger partial charge in [-0.05, 0) is 74.6 Å². The van der Waals surface area contributed by atoms with Crippen molar-refractivity contribution in [3.63, 3.8) is 0 Å². The molecule has 1 atom stereocenters. The summed E-state index contributed by atoms with van der Waals surface area (Å²) in [5, 5.41) is 3.22. The molecule has 4 aromatic rings. The molecule has 252 valence electrons. The summed E-state index contributed by atoms with van der Waals surface area (Å²) < 4.78 is 35.6. The summed E-state index contributed by atoms with van der Waals surface area (Å²) in [6.07, 6.45) is 4.15. The fourth-order valence-electron chi connectivity index (χ4n) is 6.27. The monoisotopic (exact) mass is 667 g/mol. The molecule has 1 unspecified atom stereocenters. The zero-order valence-electron chi connectivity index (χ0n) is 28.2. The number of aryl methyl sites for hydroxylation is 3. The van der Waals surface area contributed by atoms with Crippen molar-refractivity contribution in [1.82, 2.24) is 10.2 Å². The summed E-state index contributed by atoms with van der Waals surface area (Å²) in [6.45, 7) is 5.30. The zero-order chi connectivity index (χ0) is 34.3. The van der Waals surface area contributed by atoms with E-state index in [1.165, 1.54) is 7.11 Å². The molecule has 8 nitrogen and oxygen atoms in total.